The number of anilines is 1. The Morgan fingerprint density at radius 3 is 2.30 bits per heavy atom. The Bertz CT molecular complexity index is 1370. The second-order valence-corrected chi connectivity index (χ2v) is 11.1. The van der Waals surface area contributed by atoms with Crippen LogP contribution >= 0.6 is 0 Å². The third-order valence-electron chi connectivity index (χ3n) is 7.21. The molecule has 2 saturated carbocycles. The number of nitrogens with two attached hydrogens (primary N) is 1. The Morgan fingerprint density at radius 2 is 1.76 bits per heavy atom. The van der Waals surface area contributed by atoms with Crippen LogP contribution < -0.4 is 14.8 Å². The largest absolute Gasteiger partial charge is 0.534 e. The summed E-state index contributed by atoms with van der Waals surface area (Å²) in [5, 5.41) is 11.2. The van der Waals surface area contributed by atoms with E-state index in [2.05, 4.69) is 4.18 Å². The molecule has 3 aliphatic rings. The van der Waals surface area contributed by atoms with Crippen LogP contribution in [0.2, 0.25) is 0 Å². The second kappa shape index (κ2) is 8.34. The fraction of sp³-hybridized carbons (Fsp3) is 0.500. The second-order valence-electron chi connectivity index (χ2n) is 9.55. The third-order valence-corrected chi connectivity index (χ3v) is 8.18. The van der Waals surface area contributed by atoms with Gasteiger partial charge in [-0.2, -0.15) is 21.6 Å². The average Bonchev–Trinajstić information content (AvgIpc) is 2.74. The fourth-order valence-electron chi connectivity index (χ4n) is 5.59. The number of carbonyl (C=O) groups excluding carboxylic acids is 5. The molecule has 0 aromatic heterocycles. The van der Waals surface area contributed by atoms with Gasteiger partial charge in [-0.15, -0.1) is 0 Å². The van der Waals surface area contributed by atoms with Gasteiger partial charge in [-0.1, -0.05) is 0 Å². The van der Waals surface area contributed by atoms with Gasteiger partial charge in [0.05, 0.1) is 11.5 Å². The Labute approximate surface area is 207 Å². The Balaban J connectivity index is 1.86. The molecule has 5 atom stereocenters. The molecule has 1 aromatic rings. The van der Waals surface area contributed by atoms with Crippen LogP contribution in [0.4, 0.5) is 18.9 Å². The molecule has 3 N–H and O–H groups in total. The number of Topliss-reactive ketones (excluding diaryl/α,β-unsaturated/α-hetero) is 4. The standard InChI is InChI=1S/C22H21F3N2O9S/c1-27(2)11-3-4-13(36-37(34,35)22(23,24)25)15-10(11)6-8-5-9-7-12(28)16(20(26)32)19(31)21(9,33)18(30)14(8)17(15)29/h3-4,8-9,14,16,33H,5-7H2,1-2H3,(H2,26,32)/t8?,9?,14?,16?,21-/m0/s1. The van der Waals surface area contributed by atoms with Gasteiger partial charge in [0.1, 0.15) is 0 Å². The number of primary amides is 1. The van der Waals surface area contributed by atoms with E-state index in [1.165, 1.54) is 11.0 Å². The molecule has 200 valence electrons. The molecule has 15 heteroatoms. The maximum absolute atomic E-state index is 13.6. The van der Waals surface area contributed by atoms with Gasteiger partial charge < -0.3 is 19.9 Å². The highest BCUT2D eigenvalue weighted by Crippen LogP contribution is 2.51. The van der Waals surface area contributed by atoms with Crippen molar-refractivity contribution in [2.75, 3.05) is 19.0 Å². The number of hydrogen-bond donors (Lipinski definition) is 2. The zero-order valence-electron chi connectivity index (χ0n) is 19.4. The monoisotopic (exact) mass is 546 g/mol. The van der Waals surface area contributed by atoms with Crippen LogP contribution in [-0.2, 0) is 35.7 Å². The smallest absolute Gasteiger partial charge is 0.377 e. The van der Waals surface area contributed by atoms with E-state index in [0.29, 0.717) is 5.69 Å². The molecule has 37 heavy (non-hydrogen) atoms. The number of aliphatic hydroxyl groups is 1. The molecule has 0 bridgehead atoms. The quantitative estimate of drug-likeness (QED) is 0.295. The first kappa shape index (κ1) is 26.7. The van der Waals surface area contributed by atoms with E-state index >= 15 is 0 Å². The summed E-state index contributed by atoms with van der Waals surface area (Å²) in [5.74, 6) is -13.1. The maximum atomic E-state index is 13.6. The lowest BCUT2D eigenvalue weighted by molar-refractivity contribution is -0.175. The van der Waals surface area contributed by atoms with E-state index < -0.39 is 91.7 Å². The number of ketones is 4. The summed E-state index contributed by atoms with van der Waals surface area (Å²) in [6, 6.07) is 2.09. The summed E-state index contributed by atoms with van der Waals surface area (Å²) >= 11 is 0. The molecule has 1 amide bonds. The topological polar surface area (TPSA) is 178 Å². The predicted octanol–water partition coefficient (Wildman–Crippen LogP) is -0.0843. The van der Waals surface area contributed by atoms with Crippen LogP contribution in [-0.4, -0.2) is 67.8 Å². The molecule has 2 fully saturated rings. The number of alkyl halides is 3. The molecule has 3 aliphatic carbocycles. The molecular weight excluding hydrogens is 525 g/mol. The van der Waals surface area contributed by atoms with E-state index in [9.17, 15) is 50.7 Å². The minimum atomic E-state index is -6.19. The van der Waals surface area contributed by atoms with Gasteiger partial charge in [0.15, 0.2) is 40.4 Å². The molecule has 4 rings (SSSR count). The summed E-state index contributed by atoms with van der Waals surface area (Å²) in [7, 11) is -3.07. The molecule has 0 aliphatic heterocycles. The SMILES string of the molecule is CN(C)c1ccc(OS(=O)(=O)C(F)(F)F)c2c1CC1CC3CC(=O)C(C(N)=O)C(=O)[C@@]3(O)C(=O)C1C2=O. The lowest BCUT2D eigenvalue weighted by atomic mass is 9.54. The van der Waals surface area contributed by atoms with Crippen molar-refractivity contribution in [1.29, 1.82) is 0 Å². The minimum Gasteiger partial charge on any atom is -0.377 e. The van der Waals surface area contributed by atoms with E-state index in [4.69, 9.17) is 5.73 Å². The summed E-state index contributed by atoms with van der Waals surface area (Å²) in [5.41, 5.74) is -3.77. The predicted molar refractivity (Wildman–Crippen MR) is 117 cm³/mol. The number of benzene rings is 1. The van der Waals surface area contributed by atoms with Crippen LogP contribution in [0.1, 0.15) is 28.8 Å². The first-order chi connectivity index (χ1) is 16.9. The molecule has 0 heterocycles. The molecular formula is C22H21F3N2O9S. The lowest BCUT2D eigenvalue weighted by Gasteiger charge is -2.48. The summed E-state index contributed by atoms with van der Waals surface area (Å²) in [6.07, 6.45) is -0.846. The van der Waals surface area contributed by atoms with Crippen molar-refractivity contribution in [2.24, 2.45) is 29.4 Å². The normalized spacial score (nSPS) is 29.8. The molecule has 11 nitrogen and oxygen atoms in total. The van der Waals surface area contributed by atoms with Crippen molar-refractivity contribution in [3.05, 3.63) is 23.3 Å². The Kier molecular flexibility index (Phi) is 6.03. The van der Waals surface area contributed by atoms with E-state index in [1.54, 1.807) is 14.1 Å². The van der Waals surface area contributed by atoms with Gasteiger partial charge in [0.2, 0.25) is 5.91 Å². The minimum absolute atomic E-state index is 0.104. The highest BCUT2D eigenvalue weighted by Gasteiger charge is 2.66. The maximum Gasteiger partial charge on any atom is 0.534 e. The first-order valence-corrected chi connectivity index (χ1v) is 12.4. The van der Waals surface area contributed by atoms with Gasteiger partial charge in [-0.25, -0.2) is 0 Å². The molecule has 0 spiro atoms. The lowest BCUT2D eigenvalue weighted by Crippen LogP contribution is -2.68. The number of amides is 1. The number of halogens is 3. The van der Waals surface area contributed by atoms with Crippen molar-refractivity contribution >= 4 is 44.8 Å². The molecule has 1 aromatic carbocycles. The summed E-state index contributed by atoms with van der Waals surface area (Å²) in [6.45, 7) is 0. The highest BCUT2D eigenvalue weighted by molar-refractivity contribution is 7.88. The zero-order chi connectivity index (χ0) is 27.8. The van der Waals surface area contributed by atoms with Crippen molar-refractivity contribution < 1.29 is 54.9 Å². The number of hydrogen-bond acceptors (Lipinski definition) is 10. The van der Waals surface area contributed by atoms with Crippen LogP contribution in [0, 0.1) is 23.7 Å². The van der Waals surface area contributed by atoms with E-state index in [0.717, 1.165) is 6.07 Å². The third kappa shape index (κ3) is 3.82. The fourth-order valence-corrected chi connectivity index (χ4v) is 6.06. The van der Waals surface area contributed by atoms with Crippen LogP contribution in [0.25, 0.3) is 0 Å². The van der Waals surface area contributed by atoms with Gasteiger partial charge in [-0.05, 0) is 36.5 Å². The Morgan fingerprint density at radius 1 is 1.14 bits per heavy atom. The molecule has 0 radical (unpaired) electrons. The van der Waals surface area contributed by atoms with Gasteiger partial charge in [0, 0.05) is 32.1 Å². The van der Waals surface area contributed by atoms with Gasteiger partial charge in [0.25, 0.3) is 0 Å². The van der Waals surface area contributed by atoms with Crippen molar-refractivity contribution in [3.63, 3.8) is 0 Å². The molecule has 0 saturated heterocycles. The highest BCUT2D eigenvalue weighted by atomic mass is 32.2. The average molecular weight is 546 g/mol. The number of rotatable bonds is 4. The number of fused-ring (bicyclic) bond motifs is 3. The summed E-state index contributed by atoms with van der Waals surface area (Å²) < 4.78 is 66.7. The number of carbonyl (C=O) groups is 5. The van der Waals surface area contributed by atoms with Crippen molar-refractivity contribution in [1.82, 2.24) is 0 Å². The van der Waals surface area contributed by atoms with Crippen LogP contribution in [0.5, 0.6) is 5.75 Å². The Hall–Kier alpha value is -3.33. The molecule has 4 unspecified atom stereocenters. The van der Waals surface area contributed by atoms with Crippen molar-refractivity contribution in [2.45, 2.75) is 30.4 Å². The number of nitrogens with zero attached hydrogens (tertiary/aromatic N) is 1. The van der Waals surface area contributed by atoms with Gasteiger partial charge >= 0.3 is 15.6 Å². The van der Waals surface area contributed by atoms with Crippen LogP contribution in [0.3, 0.4) is 0 Å². The van der Waals surface area contributed by atoms with E-state index in [-0.39, 0.29) is 18.4 Å². The van der Waals surface area contributed by atoms with Crippen molar-refractivity contribution in [3.8, 4) is 5.75 Å². The first-order valence-electron chi connectivity index (χ1n) is 10.9. The van der Waals surface area contributed by atoms with E-state index in [1.807, 2.05) is 0 Å². The van der Waals surface area contributed by atoms with Gasteiger partial charge in [-0.3, -0.25) is 24.0 Å². The summed E-state index contributed by atoms with van der Waals surface area (Å²) in [4.78, 5) is 65.6. The zero-order valence-corrected chi connectivity index (χ0v) is 20.2. The van der Waals surface area contributed by atoms with Crippen LogP contribution in [0.15, 0.2) is 12.1 Å².